The van der Waals surface area contributed by atoms with Crippen LogP contribution in [0.15, 0.2) is 18.2 Å². The van der Waals surface area contributed by atoms with E-state index < -0.39 is 0 Å². The fourth-order valence-electron chi connectivity index (χ4n) is 2.44. The van der Waals surface area contributed by atoms with E-state index in [1.54, 1.807) is 0 Å². The summed E-state index contributed by atoms with van der Waals surface area (Å²) < 4.78 is 13.3. The van der Waals surface area contributed by atoms with Crippen LogP contribution < -0.4 is 4.90 Å². The van der Waals surface area contributed by atoms with Gasteiger partial charge in [-0.1, -0.05) is 13.8 Å². The van der Waals surface area contributed by atoms with Gasteiger partial charge < -0.3 is 9.80 Å². The van der Waals surface area contributed by atoms with Crippen molar-refractivity contribution in [1.29, 1.82) is 0 Å². The second kappa shape index (κ2) is 9.19. The molecule has 0 amide bonds. The summed E-state index contributed by atoms with van der Waals surface area (Å²) in [4.78, 5) is 4.70. The molecule has 0 spiro atoms. The topological polar surface area (TPSA) is 6.48 Å². The molecule has 0 radical (unpaired) electrons. The van der Waals surface area contributed by atoms with E-state index in [-0.39, 0.29) is 5.82 Å². The van der Waals surface area contributed by atoms with Crippen LogP contribution in [0, 0.1) is 5.82 Å². The minimum atomic E-state index is -0.219. The molecule has 0 atom stereocenters. The third kappa shape index (κ3) is 4.95. The van der Waals surface area contributed by atoms with Gasteiger partial charge in [-0.25, -0.2) is 4.39 Å². The third-order valence-corrected chi connectivity index (χ3v) is 3.99. The summed E-state index contributed by atoms with van der Waals surface area (Å²) in [6, 6.07) is 4.89. The SMILES string of the molecule is CCN(CC)CCCN(CC)c1ccc(F)cc1CCl. The Hall–Kier alpha value is -0.800. The van der Waals surface area contributed by atoms with Crippen LogP contribution in [0.1, 0.15) is 32.8 Å². The molecular formula is C16H26ClFN2. The van der Waals surface area contributed by atoms with Gasteiger partial charge in [-0.2, -0.15) is 0 Å². The highest BCUT2D eigenvalue weighted by Crippen LogP contribution is 2.23. The van der Waals surface area contributed by atoms with Gasteiger partial charge in [0.15, 0.2) is 0 Å². The van der Waals surface area contributed by atoms with Crippen molar-refractivity contribution in [1.82, 2.24) is 4.90 Å². The Balaban J connectivity index is 2.66. The quantitative estimate of drug-likeness (QED) is 0.633. The Kier molecular flexibility index (Phi) is 7.93. The first-order valence-electron chi connectivity index (χ1n) is 7.47. The van der Waals surface area contributed by atoms with Crippen molar-refractivity contribution in [2.75, 3.05) is 37.6 Å². The van der Waals surface area contributed by atoms with E-state index in [1.807, 2.05) is 6.07 Å². The first-order valence-corrected chi connectivity index (χ1v) is 8.01. The summed E-state index contributed by atoms with van der Waals surface area (Å²) in [7, 11) is 0. The lowest BCUT2D eigenvalue weighted by atomic mass is 10.1. The summed E-state index contributed by atoms with van der Waals surface area (Å²) in [6.07, 6.45) is 1.11. The Morgan fingerprint density at radius 1 is 1.05 bits per heavy atom. The zero-order valence-electron chi connectivity index (χ0n) is 12.8. The minimum absolute atomic E-state index is 0.219. The maximum atomic E-state index is 13.3. The lowest BCUT2D eigenvalue weighted by molar-refractivity contribution is 0.300. The molecule has 0 aliphatic heterocycles. The van der Waals surface area contributed by atoms with Crippen LogP contribution in [0.2, 0.25) is 0 Å². The maximum absolute atomic E-state index is 13.3. The fraction of sp³-hybridized carbons (Fsp3) is 0.625. The molecule has 0 fully saturated rings. The number of anilines is 1. The number of halogens is 2. The first-order chi connectivity index (χ1) is 9.65. The van der Waals surface area contributed by atoms with Crippen LogP contribution in [0.5, 0.6) is 0 Å². The van der Waals surface area contributed by atoms with Gasteiger partial charge in [-0.05, 0) is 56.7 Å². The van der Waals surface area contributed by atoms with Crippen molar-refractivity contribution < 1.29 is 4.39 Å². The second-order valence-corrected chi connectivity index (χ2v) is 5.13. The van der Waals surface area contributed by atoms with E-state index in [0.29, 0.717) is 5.88 Å². The molecule has 4 heteroatoms. The fourth-order valence-corrected chi connectivity index (χ4v) is 2.66. The van der Waals surface area contributed by atoms with Crippen LogP contribution in [-0.4, -0.2) is 37.6 Å². The zero-order valence-corrected chi connectivity index (χ0v) is 13.6. The van der Waals surface area contributed by atoms with Gasteiger partial charge in [-0.15, -0.1) is 11.6 Å². The molecule has 0 aliphatic carbocycles. The highest BCUT2D eigenvalue weighted by molar-refractivity contribution is 6.17. The molecule has 0 unspecified atom stereocenters. The van der Waals surface area contributed by atoms with Gasteiger partial charge >= 0.3 is 0 Å². The summed E-state index contributed by atoms with van der Waals surface area (Å²) in [5, 5.41) is 0. The van der Waals surface area contributed by atoms with Gasteiger partial charge in [0, 0.05) is 24.7 Å². The lowest BCUT2D eigenvalue weighted by Gasteiger charge is -2.27. The van der Waals surface area contributed by atoms with Crippen molar-refractivity contribution in [3.05, 3.63) is 29.6 Å². The van der Waals surface area contributed by atoms with Crippen molar-refractivity contribution in [2.45, 2.75) is 33.1 Å². The molecule has 0 heterocycles. The highest BCUT2D eigenvalue weighted by Gasteiger charge is 2.10. The van der Waals surface area contributed by atoms with Crippen LogP contribution in [0.4, 0.5) is 10.1 Å². The molecule has 1 aromatic carbocycles. The normalized spacial score (nSPS) is 11.1. The van der Waals surface area contributed by atoms with Crippen LogP contribution in [-0.2, 0) is 5.88 Å². The molecule has 0 aliphatic rings. The van der Waals surface area contributed by atoms with E-state index in [9.17, 15) is 4.39 Å². The predicted octanol–water partition coefficient (Wildman–Crippen LogP) is 4.12. The Labute approximate surface area is 127 Å². The summed E-state index contributed by atoms with van der Waals surface area (Å²) in [5.41, 5.74) is 1.93. The number of rotatable bonds is 9. The number of alkyl halides is 1. The molecule has 1 rings (SSSR count). The molecule has 0 bridgehead atoms. The molecular weight excluding hydrogens is 275 g/mol. The average molecular weight is 301 g/mol. The van der Waals surface area contributed by atoms with Crippen molar-refractivity contribution in [2.24, 2.45) is 0 Å². The molecule has 0 saturated heterocycles. The highest BCUT2D eigenvalue weighted by atomic mass is 35.5. The molecule has 1 aromatic rings. The summed E-state index contributed by atoms with van der Waals surface area (Å²) in [5.74, 6) is 0.128. The van der Waals surface area contributed by atoms with E-state index in [1.165, 1.54) is 12.1 Å². The Morgan fingerprint density at radius 2 is 1.75 bits per heavy atom. The Morgan fingerprint density at radius 3 is 2.30 bits per heavy atom. The molecule has 0 aromatic heterocycles. The van der Waals surface area contributed by atoms with Crippen LogP contribution >= 0.6 is 11.6 Å². The lowest BCUT2D eigenvalue weighted by Crippen LogP contribution is -2.30. The molecule has 2 nitrogen and oxygen atoms in total. The molecule has 0 N–H and O–H groups in total. The van der Waals surface area contributed by atoms with E-state index in [0.717, 1.165) is 50.4 Å². The standard InChI is InChI=1S/C16H26ClFN2/c1-4-19(5-2)10-7-11-20(6-3)16-9-8-15(18)12-14(16)13-17/h8-9,12H,4-7,10-11,13H2,1-3H3. The van der Waals surface area contributed by atoms with E-state index >= 15 is 0 Å². The van der Waals surface area contributed by atoms with Crippen molar-refractivity contribution in [3.8, 4) is 0 Å². The van der Waals surface area contributed by atoms with Gasteiger partial charge in [0.05, 0.1) is 0 Å². The molecule has 20 heavy (non-hydrogen) atoms. The number of hydrogen-bond acceptors (Lipinski definition) is 2. The number of benzene rings is 1. The zero-order chi connectivity index (χ0) is 15.0. The largest absolute Gasteiger partial charge is 0.372 e. The monoisotopic (exact) mass is 300 g/mol. The predicted molar refractivity (Wildman–Crippen MR) is 86.2 cm³/mol. The van der Waals surface area contributed by atoms with Gasteiger partial charge in [-0.3, -0.25) is 0 Å². The molecule has 114 valence electrons. The van der Waals surface area contributed by atoms with Gasteiger partial charge in [0.1, 0.15) is 5.82 Å². The van der Waals surface area contributed by atoms with Crippen LogP contribution in [0.25, 0.3) is 0 Å². The van der Waals surface area contributed by atoms with Gasteiger partial charge in [0.2, 0.25) is 0 Å². The average Bonchev–Trinajstić information content (AvgIpc) is 2.48. The van der Waals surface area contributed by atoms with E-state index in [4.69, 9.17) is 11.6 Å². The summed E-state index contributed by atoms with van der Waals surface area (Å²) in [6.45, 7) is 11.7. The first kappa shape index (κ1) is 17.3. The molecule has 0 saturated carbocycles. The van der Waals surface area contributed by atoms with Crippen molar-refractivity contribution in [3.63, 3.8) is 0 Å². The smallest absolute Gasteiger partial charge is 0.123 e. The number of nitrogens with zero attached hydrogens (tertiary/aromatic N) is 2. The van der Waals surface area contributed by atoms with Gasteiger partial charge in [0.25, 0.3) is 0 Å². The Bertz CT molecular complexity index is 394. The summed E-state index contributed by atoms with van der Waals surface area (Å²) >= 11 is 5.93. The van der Waals surface area contributed by atoms with Crippen LogP contribution in [0.3, 0.4) is 0 Å². The number of hydrogen-bond donors (Lipinski definition) is 0. The second-order valence-electron chi connectivity index (χ2n) is 4.87. The third-order valence-electron chi connectivity index (χ3n) is 3.70. The minimum Gasteiger partial charge on any atom is -0.372 e. The van der Waals surface area contributed by atoms with E-state index in [2.05, 4.69) is 30.6 Å². The van der Waals surface area contributed by atoms with Crippen molar-refractivity contribution >= 4 is 17.3 Å². The maximum Gasteiger partial charge on any atom is 0.123 e.